The molecule has 90 valence electrons. The summed E-state index contributed by atoms with van der Waals surface area (Å²) in [4.78, 5) is 24.4. The number of ether oxygens (including phenoxy) is 1. The predicted molar refractivity (Wildman–Crippen MR) is 64.1 cm³/mol. The second-order valence-corrected chi connectivity index (χ2v) is 4.05. The summed E-state index contributed by atoms with van der Waals surface area (Å²) in [5, 5.41) is 0. The van der Waals surface area contributed by atoms with Gasteiger partial charge in [0.25, 0.3) is 0 Å². The second-order valence-electron chi connectivity index (χ2n) is 4.05. The third-order valence-electron chi connectivity index (χ3n) is 3.19. The molecule has 1 aromatic rings. The van der Waals surface area contributed by atoms with E-state index in [2.05, 4.69) is 0 Å². The highest BCUT2D eigenvalue weighted by molar-refractivity contribution is 6.08. The van der Waals surface area contributed by atoms with E-state index in [9.17, 15) is 9.59 Å². The van der Waals surface area contributed by atoms with E-state index >= 15 is 0 Å². The number of aldehydes is 1. The first-order valence-corrected chi connectivity index (χ1v) is 5.65. The molecule has 0 aliphatic carbocycles. The van der Waals surface area contributed by atoms with Gasteiger partial charge in [0.05, 0.1) is 13.0 Å². The molecular weight excluding hydrogens is 218 g/mol. The topological polar surface area (TPSA) is 46.6 Å². The van der Waals surface area contributed by atoms with Gasteiger partial charge in [0.15, 0.2) is 0 Å². The number of amides is 1. The largest absolute Gasteiger partial charge is 0.497 e. The molecule has 2 rings (SSSR count). The van der Waals surface area contributed by atoms with Gasteiger partial charge in [-0.15, -0.1) is 0 Å². The second kappa shape index (κ2) is 4.57. The van der Waals surface area contributed by atoms with Crippen LogP contribution in [0.5, 0.6) is 5.75 Å². The van der Waals surface area contributed by atoms with Crippen LogP contribution in [0.4, 0.5) is 5.69 Å². The minimum atomic E-state index is -0.319. The minimum absolute atomic E-state index is 0.0229. The number of carbonyl (C=O) groups is 2. The van der Waals surface area contributed by atoms with Gasteiger partial charge in [-0.25, -0.2) is 0 Å². The Hall–Kier alpha value is -1.84. The van der Waals surface area contributed by atoms with Gasteiger partial charge < -0.3 is 14.4 Å². The summed E-state index contributed by atoms with van der Waals surface area (Å²) in [6, 6.07) is 6.83. The molecule has 1 aromatic carbocycles. The fourth-order valence-corrected chi connectivity index (χ4v) is 2.18. The van der Waals surface area contributed by atoms with Crippen molar-refractivity contribution in [3.63, 3.8) is 0 Å². The molecule has 0 bridgehead atoms. The number of hydrogen-bond donors (Lipinski definition) is 0. The zero-order valence-electron chi connectivity index (χ0n) is 9.92. The number of hydrogen-bond acceptors (Lipinski definition) is 3. The molecule has 0 radical (unpaired) electrons. The highest BCUT2D eigenvalue weighted by atomic mass is 16.5. The van der Waals surface area contributed by atoms with Crippen molar-refractivity contribution >= 4 is 17.9 Å². The Morgan fingerprint density at radius 3 is 2.47 bits per heavy atom. The molecule has 1 aliphatic heterocycles. The first-order chi connectivity index (χ1) is 8.22. The number of nitrogens with zero attached hydrogens (tertiary/aromatic N) is 1. The highest BCUT2D eigenvalue weighted by Crippen LogP contribution is 2.34. The molecule has 0 aromatic heterocycles. The maximum atomic E-state index is 11.9. The van der Waals surface area contributed by atoms with Crippen molar-refractivity contribution in [3.05, 3.63) is 24.3 Å². The van der Waals surface area contributed by atoms with Crippen LogP contribution >= 0.6 is 0 Å². The molecule has 1 amide bonds. The number of benzene rings is 1. The first kappa shape index (κ1) is 11.6. The molecule has 1 heterocycles. The smallest absolute Gasteiger partial charge is 0.233 e. The zero-order chi connectivity index (χ0) is 12.4. The number of β-lactam (4-membered cyclic amide) rings is 1. The van der Waals surface area contributed by atoms with E-state index in [1.54, 1.807) is 36.3 Å². The molecule has 0 unspecified atom stereocenters. The van der Waals surface area contributed by atoms with Crippen molar-refractivity contribution in [2.75, 3.05) is 12.0 Å². The third kappa shape index (κ3) is 1.79. The van der Waals surface area contributed by atoms with E-state index in [0.717, 1.165) is 17.7 Å². The lowest BCUT2D eigenvalue weighted by Crippen LogP contribution is -2.62. The minimum Gasteiger partial charge on any atom is -0.497 e. The summed E-state index contributed by atoms with van der Waals surface area (Å²) < 4.78 is 5.05. The summed E-state index contributed by atoms with van der Waals surface area (Å²) >= 11 is 0. The van der Waals surface area contributed by atoms with Crippen LogP contribution in [0.2, 0.25) is 0 Å². The number of methoxy groups -OCH3 is 1. The lowest BCUT2D eigenvalue weighted by atomic mass is 9.85. The summed E-state index contributed by atoms with van der Waals surface area (Å²) in [5.41, 5.74) is 0.748. The highest BCUT2D eigenvalue weighted by Gasteiger charge is 2.46. The van der Waals surface area contributed by atoms with Gasteiger partial charge in [-0.05, 0) is 30.7 Å². The van der Waals surface area contributed by atoms with Crippen molar-refractivity contribution in [1.29, 1.82) is 0 Å². The van der Waals surface area contributed by atoms with Gasteiger partial charge >= 0.3 is 0 Å². The van der Waals surface area contributed by atoms with E-state index in [1.807, 2.05) is 6.92 Å². The van der Waals surface area contributed by atoms with E-state index in [1.165, 1.54) is 0 Å². The van der Waals surface area contributed by atoms with Gasteiger partial charge in [-0.1, -0.05) is 6.92 Å². The van der Waals surface area contributed by atoms with Crippen LogP contribution < -0.4 is 9.64 Å². The van der Waals surface area contributed by atoms with Crippen molar-refractivity contribution in [2.45, 2.75) is 19.4 Å². The van der Waals surface area contributed by atoms with Gasteiger partial charge in [-0.2, -0.15) is 0 Å². The van der Waals surface area contributed by atoms with Crippen LogP contribution in [0.25, 0.3) is 0 Å². The zero-order valence-corrected chi connectivity index (χ0v) is 9.92. The summed E-state index contributed by atoms with van der Waals surface area (Å²) in [6.07, 6.45) is 1.55. The van der Waals surface area contributed by atoms with Crippen LogP contribution in [-0.2, 0) is 9.59 Å². The molecule has 4 heteroatoms. The molecule has 17 heavy (non-hydrogen) atoms. The van der Waals surface area contributed by atoms with Crippen molar-refractivity contribution in [1.82, 2.24) is 0 Å². The molecule has 2 atom stereocenters. The van der Waals surface area contributed by atoms with E-state index < -0.39 is 0 Å². The molecule has 1 fully saturated rings. The summed E-state index contributed by atoms with van der Waals surface area (Å²) in [5.74, 6) is 0.598. The van der Waals surface area contributed by atoms with E-state index in [4.69, 9.17) is 4.74 Å². The Morgan fingerprint density at radius 2 is 2.00 bits per heavy atom. The van der Waals surface area contributed by atoms with Crippen LogP contribution in [0.3, 0.4) is 0 Å². The van der Waals surface area contributed by atoms with E-state index in [-0.39, 0.29) is 17.9 Å². The van der Waals surface area contributed by atoms with Crippen molar-refractivity contribution in [2.24, 2.45) is 5.92 Å². The van der Waals surface area contributed by atoms with Gasteiger partial charge in [0.1, 0.15) is 18.1 Å². The van der Waals surface area contributed by atoms with Crippen LogP contribution in [0.15, 0.2) is 24.3 Å². The van der Waals surface area contributed by atoms with Crippen molar-refractivity contribution < 1.29 is 14.3 Å². The van der Waals surface area contributed by atoms with Crippen LogP contribution in [0.1, 0.15) is 13.3 Å². The van der Waals surface area contributed by atoms with Gasteiger partial charge in [0.2, 0.25) is 5.91 Å². The summed E-state index contributed by atoms with van der Waals surface area (Å²) in [7, 11) is 1.59. The average molecular weight is 233 g/mol. The first-order valence-electron chi connectivity index (χ1n) is 5.65. The van der Waals surface area contributed by atoms with Crippen LogP contribution in [-0.4, -0.2) is 25.3 Å². The molecule has 0 N–H and O–H groups in total. The molecule has 1 aliphatic rings. The van der Waals surface area contributed by atoms with E-state index in [0.29, 0.717) is 6.42 Å². The maximum absolute atomic E-state index is 11.9. The molecular formula is C13H15NO3. The molecule has 0 spiro atoms. The predicted octanol–water partition coefficient (Wildman–Crippen LogP) is 1.64. The maximum Gasteiger partial charge on any atom is 0.233 e. The molecule has 1 saturated heterocycles. The Kier molecular flexibility index (Phi) is 3.13. The Bertz CT molecular complexity index is 427. The average Bonchev–Trinajstić information content (AvgIpc) is 2.37. The fraction of sp³-hybridized carbons (Fsp3) is 0.385. The third-order valence-corrected chi connectivity index (χ3v) is 3.19. The van der Waals surface area contributed by atoms with Gasteiger partial charge in [0, 0.05) is 5.69 Å². The quantitative estimate of drug-likeness (QED) is 0.586. The normalized spacial score (nSPS) is 23.2. The Balaban J connectivity index is 2.22. The number of rotatable bonds is 4. The SMILES string of the molecule is CC[C@@H]1C(=O)N(c2ccc(OC)cc2)[C@@H]1C=O. The number of carbonyl (C=O) groups excluding carboxylic acids is 2. The lowest BCUT2D eigenvalue weighted by Gasteiger charge is -2.43. The number of anilines is 1. The Labute approximate surface area is 100 Å². The Morgan fingerprint density at radius 1 is 1.35 bits per heavy atom. The standard InChI is InChI=1S/C13H15NO3/c1-3-11-12(8-15)14(13(11)16)9-4-6-10(17-2)7-5-9/h4-8,11-12H,3H2,1-2H3/t11-,12+/m0/s1. The fourth-order valence-electron chi connectivity index (χ4n) is 2.18. The summed E-state index contributed by atoms with van der Waals surface area (Å²) in [6.45, 7) is 1.92. The van der Waals surface area contributed by atoms with Crippen molar-refractivity contribution in [3.8, 4) is 5.75 Å². The molecule has 0 saturated carbocycles. The van der Waals surface area contributed by atoms with Gasteiger partial charge in [-0.3, -0.25) is 4.79 Å². The lowest BCUT2D eigenvalue weighted by molar-refractivity contribution is -0.134. The van der Waals surface area contributed by atoms with Crippen LogP contribution in [0, 0.1) is 5.92 Å². The molecule has 4 nitrogen and oxygen atoms in total. The monoisotopic (exact) mass is 233 g/mol.